The van der Waals surface area contributed by atoms with E-state index in [1.165, 1.54) is 7.11 Å². The monoisotopic (exact) mass is 321 g/mol. The quantitative estimate of drug-likeness (QED) is 0.808. The summed E-state index contributed by atoms with van der Waals surface area (Å²) < 4.78 is 10.5. The first-order chi connectivity index (χ1) is 11.0. The number of benzene rings is 1. The molecule has 0 spiro atoms. The second-order valence-corrected chi connectivity index (χ2v) is 5.78. The van der Waals surface area contributed by atoms with Crippen LogP contribution >= 0.6 is 0 Å². The summed E-state index contributed by atoms with van der Waals surface area (Å²) in [6.07, 6.45) is 1.44. The Morgan fingerprint density at radius 2 is 2.04 bits per heavy atom. The number of piperidine rings is 1. The number of hydrogen-bond acceptors (Lipinski definition) is 5. The van der Waals surface area contributed by atoms with Gasteiger partial charge in [-0.15, -0.1) is 0 Å². The van der Waals surface area contributed by atoms with E-state index >= 15 is 0 Å². The van der Waals surface area contributed by atoms with E-state index in [0.717, 1.165) is 13.0 Å². The maximum atomic E-state index is 12.8. The number of likely N-dealkylation sites (tertiary alicyclic amines) is 1. The number of ether oxygens (including phenoxy) is 2. The fourth-order valence-electron chi connectivity index (χ4n) is 2.96. The first-order valence-corrected chi connectivity index (χ1v) is 7.71. The van der Waals surface area contributed by atoms with E-state index in [1.54, 1.807) is 25.3 Å². The molecule has 0 bridgehead atoms. The lowest BCUT2D eigenvalue weighted by molar-refractivity contribution is -0.143. The molecular formula is C17H23NO5. The van der Waals surface area contributed by atoms with Gasteiger partial charge in [-0.3, -0.25) is 14.5 Å². The van der Waals surface area contributed by atoms with E-state index in [9.17, 15) is 14.7 Å². The Labute approximate surface area is 136 Å². The average Bonchev–Trinajstić information content (AvgIpc) is 2.59. The number of nitrogens with zero attached hydrogens (tertiary/aromatic N) is 1. The van der Waals surface area contributed by atoms with Gasteiger partial charge in [-0.05, 0) is 44.5 Å². The van der Waals surface area contributed by atoms with Gasteiger partial charge in [0.2, 0.25) is 0 Å². The number of carbonyl (C=O) groups is 2. The van der Waals surface area contributed by atoms with Crippen LogP contribution in [0.25, 0.3) is 0 Å². The SMILES string of the molecule is COc1ccc(OC)c(C(=O)C(C)N2CCCC(C(=O)O)C2)c1. The number of rotatable bonds is 6. The molecule has 0 saturated carbocycles. The van der Waals surface area contributed by atoms with Crippen LogP contribution in [0.15, 0.2) is 18.2 Å². The number of carboxylic acids is 1. The van der Waals surface area contributed by atoms with Crippen molar-refractivity contribution in [3.63, 3.8) is 0 Å². The van der Waals surface area contributed by atoms with Gasteiger partial charge in [-0.25, -0.2) is 0 Å². The second kappa shape index (κ2) is 7.46. The van der Waals surface area contributed by atoms with Crippen molar-refractivity contribution in [3.05, 3.63) is 23.8 Å². The summed E-state index contributed by atoms with van der Waals surface area (Å²) in [7, 11) is 3.06. The Kier molecular flexibility index (Phi) is 5.60. The third-order valence-electron chi connectivity index (χ3n) is 4.40. The fourth-order valence-corrected chi connectivity index (χ4v) is 2.96. The number of methoxy groups -OCH3 is 2. The Morgan fingerprint density at radius 3 is 2.65 bits per heavy atom. The zero-order chi connectivity index (χ0) is 17.0. The van der Waals surface area contributed by atoms with Crippen molar-refractivity contribution >= 4 is 11.8 Å². The predicted octanol–water partition coefficient (Wildman–Crippen LogP) is 2.07. The number of Topliss-reactive ketones (excluding diaryl/α,β-unsaturated/α-hetero) is 1. The van der Waals surface area contributed by atoms with Gasteiger partial charge in [0.05, 0.1) is 31.7 Å². The largest absolute Gasteiger partial charge is 0.497 e. The number of aliphatic carboxylic acids is 1. The zero-order valence-electron chi connectivity index (χ0n) is 13.7. The van der Waals surface area contributed by atoms with Crippen molar-refractivity contribution in [1.29, 1.82) is 0 Å². The molecular weight excluding hydrogens is 298 g/mol. The van der Waals surface area contributed by atoms with Crippen LogP contribution in [0.4, 0.5) is 0 Å². The minimum atomic E-state index is -0.798. The molecule has 1 aliphatic rings. The number of carboxylic acid groups (broad SMARTS) is 1. The lowest BCUT2D eigenvalue weighted by Gasteiger charge is -2.34. The van der Waals surface area contributed by atoms with Crippen molar-refractivity contribution in [3.8, 4) is 11.5 Å². The van der Waals surface area contributed by atoms with Crippen molar-refractivity contribution in [1.82, 2.24) is 4.90 Å². The smallest absolute Gasteiger partial charge is 0.307 e. The van der Waals surface area contributed by atoms with Gasteiger partial charge in [0.25, 0.3) is 0 Å². The summed E-state index contributed by atoms with van der Waals surface area (Å²) in [4.78, 5) is 26.0. The molecule has 1 aliphatic heterocycles. The summed E-state index contributed by atoms with van der Waals surface area (Å²) >= 11 is 0. The van der Waals surface area contributed by atoms with E-state index < -0.39 is 17.9 Å². The molecule has 1 fully saturated rings. The first-order valence-electron chi connectivity index (χ1n) is 7.71. The first kappa shape index (κ1) is 17.3. The molecule has 1 aromatic carbocycles. The lowest BCUT2D eigenvalue weighted by atomic mass is 9.95. The Hall–Kier alpha value is -2.08. The van der Waals surface area contributed by atoms with Gasteiger partial charge in [0.1, 0.15) is 11.5 Å². The molecule has 2 unspecified atom stereocenters. The molecule has 1 heterocycles. The third-order valence-corrected chi connectivity index (χ3v) is 4.40. The van der Waals surface area contributed by atoms with Crippen molar-refractivity contribution in [2.24, 2.45) is 5.92 Å². The van der Waals surface area contributed by atoms with Crippen LogP contribution in [0, 0.1) is 5.92 Å². The normalized spacial score (nSPS) is 19.9. The van der Waals surface area contributed by atoms with Gasteiger partial charge in [0, 0.05) is 6.54 Å². The minimum absolute atomic E-state index is 0.0909. The molecule has 0 radical (unpaired) electrons. The molecule has 2 rings (SSSR count). The molecule has 6 heteroatoms. The fraction of sp³-hybridized carbons (Fsp3) is 0.529. The Morgan fingerprint density at radius 1 is 1.30 bits per heavy atom. The van der Waals surface area contributed by atoms with Crippen molar-refractivity contribution in [2.75, 3.05) is 27.3 Å². The highest BCUT2D eigenvalue weighted by atomic mass is 16.5. The Bertz CT molecular complexity index is 586. The van der Waals surface area contributed by atoms with Gasteiger partial charge >= 0.3 is 5.97 Å². The summed E-state index contributed by atoms with van der Waals surface area (Å²) in [6.45, 7) is 2.93. The lowest BCUT2D eigenvalue weighted by Crippen LogP contribution is -2.46. The third kappa shape index (κ3) is 3.82. The molecule has 1 saturated heterocycles. The standard InChI is InChI=1S/C17H23NO5/c1-11(18-8-4-5-12(10-18)17(20)21)16(19)14-9-13(22-2)6-7-15(14)23-3/h6-7,9,11-12H,4-5,8,10H2,1-3H3,(H,20,21). The van der Waals surface area contributed by atoms with Crippen LogP contribution in [-0.2, 0) is 4.79 Å². The number of ketones is 1. The van der Waals surface area contributed by atoms with Gasteiger partial charge in [0.15, 0.2) is 5.78 Å². The van der Waals surface area contributed by atoms with Crippen LogP contribution in [0.1, 0.15) is 30.1 Å². The number of hydrogen-bond donors (Lipinski definition) is 1. The van der Waals surface area contributed by atoms with E-state index in [-0.39, 0.29) is 5.78 Å². The zero-order valence-corrected chi connectivity index (χ0v) is 13.7. The van der Waals surface area contributed by atoms with E-state index in [4.69, 9.17) is 9.47 Å². The van der Waals surface area contributed by atoms with Crippen LogP contribution in [0.2, 0.25) is 0 Å². The summed E-state index contributed by atoms with van der Waals surface area (Å²) in [5.74, 6) is -0.218. The van der Waals surface area contributed by atoms with Crippen LogP contribution in [0.5, 0.6) is 11.5 Å². The molecule has 6 nitrogen and oxygen atoms in total. The highest BCUT2D eigenvalue weighted by Crippen LogP contribution is 2.27. The predicted molar refractivity (Wildman–Crippen MR) is 85.3 cm³/mol. The summed E-state index contributed by atoms with van der Waals surface area (Å²) in [5.41, 5.74) is 0.455. The second-order valence-electron chi connectivity index (χ2n) is 5.78. The van der Waals surface area contributed by atoms with Crippen LogP contribution in [0.3, 0.4) is 0 Å². The molecule has 0 amide bonds. The average molecular weight is 321 g/mol. The highest BCUT2D eigenvalue weighted by Gasteiger charge is 2.32. The van der Waals surface area contributed by atoms with E-state index in [0.29, 0.717) is 30.0 Å². The highest BCUT2D eigenvalue weighted by molar-refractivity contribution is 6.02. The van der Waals surface area contributed by atoms with Crippen LogP contribution in [-0.4, -0.2) is 55.1 Å². The molecule has 23 heavy (non-hydrogen) atoms. The van der Waals surface area contributed by atoms with Gasteiger partial charge in [-0.1, -0.05) is 0 Å². The van der Waals surface area contributed by atoms with E-state index in [1.807, 2.05) is 11.8 Å². The minimum Gasteiger partial charge on any atom is -0.497 e. The maximum Gasteiger partial charge on any atom is 0.307 e. The van der Waals surface area contributed by atoms with Gasteiger partial charge < -0.3 is 14.6 Å². The van der Waals surface area contributed by atoms with Crippen molar-refractivity contribution in [2.45, 2.75) is 25.8 Å². The molecule has 0 aromatic heterocycles. The molecule has 126 valence electrons. The molecule has 1 N–H and O–H groups in total. The van der Waals surface area contributed by atoms with Gasteiger partial charge in [-0.2, -0.15) is 0 Å². The molecule has 0 aliphatic carbocycles. The molecule has 1 aromatic rings. The summed E-state index contributed by atoms with van der Waals surface area (Å²) in [6, 6.07) is 4.70. The summed E-state index contributed by atoms with van der Waals surface area (Å²) in [5, 5.41) is 9.20. The number of carbonyl (C=O) groups excluding carboxylic acids is 1. The van der Waals surface area contributed by atoms with Crippen LogP contribution < -0.4 is 9.47 Å². The van der Waals surface area contributed by atoms with Crippen molar-refractivity contribution < 1.29 is 24.2 Å². The Balaban J connectivity index is 2.20. The van der Waals surface area contributed by atoms with E-state index in [2.05, 4.69) is 0 Å². The topological polar surface area (TPSA) is 76.1 Å². The molecule has 2 atom stereocenters. The maximum absolute atomic E-state index is 12.8.